The van der Waals surface area contributed by atoms with Gasteiger partial charge in [-0.2, -0.15) is 0 Å². The van der Waals surface area contributed by atoms with E-state index in [9.17, 15) is 19.7 Å². The van der Waals surface area contributed by atoms with E-state index in [2.05, 4.69) is 5.32 Å². The number of esters is 1. The van der Waals surface area contributed by atoms with E-state index in [0.29, 0.717) is 0 Å². The number of nitrogens with one attached hydrogen (secondary N) is 1. The quantitative estimate of drug-likeness (QED) is 0.489. The molecule has 0 aliphatic heterocycles. The monoisotopic (exact) mass is 296 g/mol. The van der Waals surface area contributed by atoms with Gasteiger partial charge in [0.2, 0.25) is 0 Å². The van der Waals surface area contributed by atoms with E-state index in [4.69, 9.17) is 9.47 Å². The number of nitro benzene ring substituents is 1. The lowest BCUT2D eigenvalue weighted by molar-refractivity contribution is -0.384. The first-order valence-corrected chi connectivity index (χ1v) is 6.30. The molecule has 8 nitrogen and oxygen atoms in total. The summed E-state index contributed by atoms with van der Waals surface area (Å²) < 4.78 is 9.69. The van der Waals surface area contributed by atoms with Gasteiger partial charge in [0.05, 0.1) is 18.0 Å². The number of ether oxygens (including phenoxy) is 2. The van der Waals surface area contributed by atoms with Crippen LogP contribution in [0.2, 0.25) is 0 Å². The Balaban J connectivity index is 2.46. The van der Waals surface area contributed by atoms with Gasteiger partial charge in [-0.1, -0.05) is 0 Å². The van der Waals surface area contributed by atoms with Crippen molar-refractivity contribution in [3.8, 4) is 5.75 Å². The molecule has 1 unspecified atom stereocenters. The van der Waals surface area contributed by atoms with Crippen molar-refractivity contribution < 1.29 is 24.0 Å². The van der Waals surface area contributed by atoms with E-state index >= 15 is 0 Å². The molecule has 21 heavy (non-hydrogen) atoms. The van der Waals surface area contributed by atoms with Crippen LogP contribution in [-0.4, -0.2) is 29.6 Å². The largest absolute Gasteiger partial charge is 0.466 e. The van der Waals surface area contributed by atoms with Gasteiger partial charge in [-0.25, -0.2) is 4.79 Å². The molecule has 0 saturated carbocycles. The van der Waals surface area contributed by atoms with E-state index in [1.165, 1.54) is 24.3 Å². The van der Waals surface area contributed by atoms with Crippen LogP contribution in [-0.2, 0) is 9.53 Å². The van der Waals surface area contributed by atoms with Gasteiger partial charge in [0, 0.05) is 18.2 Å². The maximum absolute atomic E-state index is 11.6. The van der Waals surface area contributed by atoms with Gasteiger partial charge < -0.3 is 14.8 Å². The van der Waals surface area contributed by atoms with Crippen molar-refractivity contribution in [3.05, 3.63) is 34.4 Å². The Bertz CT molecular complexity index is 514. The third-order valence-corrected chi connectivity index (χ3v) is 2.40. The lowest BCUT2D eigenvalue weighted by atomic mass is 10.2. The van der Waals surface area contributed by atoms with Crippen LogP contribution < -0.4 is 10.1 Å². The molecule has 0 bridgehead atoms. The minimum atomic E-state index is -0.749. The zero-order valence-corrected chi connectivity index (χ0v) is 11.7. The van der Waals surface area contributed by atoms with Crippen molar-refractivity contribution in [2.24, 2.45) is 0 Å². The molecule has 1 N–H and O–H groups in total. The molecule has 0 radical (unpaired) electrons. The van der Waals surface area contributed by atoms with Gasteiger partial charge >= 0.3 is 12.1 Å². The van der Waals surface area contributed by atoms with Crippen molar-refractivity contribution in [2.45, 2.75) is 26.3 Å². The summed E-state index contributed by atoms with van der Waals surface area (Å²) in [7, 11) is 0. The molecule has 0 spiro atoms. The van der Waals surface area contributed by atoms with Crippen molar-refractivity contribution in [3.63, 3.8) is 0 Å². The van der Waals surface area contributed by atoms with Crippen LogP contribution in [0.4, 0.5) is 10.5 Å². The summed E-state index contributed by atoms with van der Waals surface area (Å²) in [5.74, 6) is -0.248. The molecule has 0 aromatic heterocycles. The molecule has 1 rings (SSSR count). The number of amides is 1. The lowest BCUT2D eigenvalue weighted by Crippen LogP contribution is -2.36. The van der Waals surface area contributed by atoms with Crippen molar-refractivity contribution in [2.75, 3.05) is 6.61 Å². The summed E-state index contributed by atoms with van der Waals surface area (Å²) in [6.45, 7) is 3.60. The van der Waals surface area contributed by atoms with Crippen LogP contribution in [0.25, 0.3) is 0 Å². The fourth-order valence-corrected chi connectivity index (χ4v) is 1.49. The molecule has 0 heterocycles. The number of hydrogen-bond donors (Lipinski definition) is 1. The molecule has 1 amide bonds. The van der Waals surface area contributed by atoms with Gasteiger partial charge in [-0.3, -0.25) is 14.9 Å². The topological polar surface area (TPSA) is 108 Å². The van der Waals surface area contributed by atoms with Crippen LogP contribution >= 0.6 is 0 Å². The number of nitro groups is 1. The summed E-state index contributed by atoms with van der Waals surface area (Å²) in [5.41, 5.74) is -0.0987. The fraction of sp³-hybridized carbons (Fsp3) is 0.385. The first-order chi connectivity index (χ1) is 9.92. The second-order valence-electron chi connectivity index (χ2n) is 4.20. The Labute approximate surface area is 121 Å². The first kappa shape index (κ1) is 16.4. The van der Waals surface area contributed by atoms with E-state index in [-0.39, 0.29) is 24.5 Å². The molecular weight excluding hydrogens is 280 g/mol. The molecule has 1 aromatic carbocycles. The van der Waals surface area contributed by atoms with Gasteiger partial charge in [-0.05, 0) is 26.0 Å². The molecule has 0 aliphatic rings. The Morgan fingerprint density at radius 2 is 1.95 bits per heavy atom. The predicted molar refractivity (Wildman–Crippen MR) is 73.0 cm³/mol. The Hall–Kier alpha value is -2.64. The van der Waals surface area contributed by atoms with Crippen LogP contribution in [0.1, 0.15) is 20.3 Å². The van der Waals surface area contributed by atoms with Crippen LogP contribution in [0, 0.1) is 10.1 Å². The summed E-state index contributed by atoms with van der Waals surface area (Å²) in [4.78, 5) is 32.7. The first-order valence-electron chi connectivity index (χ1n) is 6.30. The standard InChI is InChI=1S/C13H16N2O6/c1-3-20-12(16)8-9(2)14-13(17)21-11-6-4-10(5-7-11)15(18)19/h4-7,9H,3,8H2,1-2H3,(H,14,17). The SMILES string of the molecule is CCOC(=O)CC(C)NC(=O)Oc1ccc([N+](=O)[O-])cc1. The summed E-state index contributed by atoms with van der Waals surface area (Å²) in [5, 5.41) is 12.9. The number of carbonyl (C=O) groups excluding carboxylic acids is 2. The summed E-state index contributed by atoms with van der Waals surface area (Å²) >= 11 is 0. The maximum Gasteiger partial charge on any atom is 0.412 e. The second kappa shape index (κ2) is 7.83. The highest BCUT2D eigenvalue weighted by Crippen LogP contribution is 2.17. The van der Waals surface area contributed by atoms with Crippen LogP contribution in [0.3, 0.4) is 0 Å². The van der Waals surface area contributed by atoms with Gasteiger partial charge in [-0.15, -0.1) is 0 Å². The number of hydrogen-bond acceptors (Lipinski definition) is 6. The minimum Gasteiger partial charge on any atom is -0.466 e. The molecule has 1 aromatic rings. The highest BCUT2D eigenvalue weighted by Gasteiger charge is 2.14. The third kappa shape index (κ3) is 5.89. The second-order valence-corrected chi connectivity index (χ2v) is 4.20. The highest BCUT2D eigenvalue weighted by atomic mass is 16.6. The minimum absolute atomic E-state index is 0.0310. The number of nitrogens with zero attached hydrogens (tertiary/aromatic N) is 1. The number of benzene rings is 1. The normalized spacial score (nSPS) is 11.3. The molecule has 114 valence electrons. The van der Waals surface area contributed by atoms with Crippen molar-refractivity contribution in [1.82, 2.24) is 5.32 Å². The van der Waals surface area contributed by atoms with E-state index < -0.39 is 23.0 Å². The van der Waals surface area contributed by atoms with Gasteiger partial charge in [0.15, 0.2) is 0 Å². The average molecular weight is 296 g/mol. The van der Waals surface area contributed by atoms with Crippen LogP contribution in [0.5, 0.6) is 5.75 Å². The summed E-state index contributed by atoms with van der Waals surface area (Å²) in [6.07, 6.45) is -0.718. The molecule has 1 atom stereocenters. The van der Waals surface area contributed by atoms with E-state index in [1.54, 1.807) is 13.8 Å². The fourth-order valence-electron chi connectivity index (χ4n) is 1.49. The van der Waals surface area contributed by atoms with Crippen LogP contribution in [0.15, 0.2) is 24.3 Å². The maximum atomic E-state index is 11.6. The zero-order valence-electron chi connectivity index (χ0n) is 11.7. The Morgan fingerprint density at radius 1 is 1.33 bits per heavy atom. The molecule has 0 saturated heterocycles. The molecule has 8 heteroatoms. The number of rotatable bonds is 6. The highest BCUT2D eigenvalue weighted by molar-refractivity contribution is 5.73. The summed E-state index contributed by atoms with van der Waals surface area (Å²) in [6, 6.07) is 4.63. The molecule has 0 fully saturated rings. The van der Waals surface area contributed by atoms with E-state index in [1.807, 2.05) is 0 Å². The lowest BCUT2D eigenvalue weighted by Gasteiger charge is -2.12. The zero-order chi connectivity index (χ0) is 15.8. The van der Waals surface area contributed by atoms with Crippen molar-refractivity contribution >= 4 is 17.7 Å². The van der Waals surface area contributed by atoms with Crippen molar-refractivity contribution in [1.29, 1.82) is 0 Å². The Kier molecular flexibility index (Phi) is 6.12. The van der Waals surface area contributed by atoms with Gasteiger partial charge in [0.25, 0.3) is 5.69 Å². The number of carbonyl (C=O) groups is 2. The smallest absolute Gasteiger partial charge is 0.412 e. The van der Waals surface area contributed by atoms with Gasteiger partial charge in [0.1, 0.15) is 5.75 Å². The Morgan fingerprint density at radius 3 is 2.48 bits per heavy atom. The number of non-ortho nitro benzene ring substituents is 1. The van der Waals surface area contributed by atoms with E-state index in [0.717, 1.165) is 0 Å². The molecule has 0 aliphatic carbocycles. The predicted octanol–water partition coefficient (Wildman–Crippen LogP) is 2.02. The third-order valence-electron chi connectivity index (χ3n) is 2.40. The molecular formula is C13H16N2O6. The average Bonchev–Trinajstić information content (AvgIpc) is 2.38.